The molecule has 0 aliphatic carbocycles. The van der Waals surface area contributed by atoms with Crippen LogP contribution in [0.1, 0.15) is 62.9 Å². The van der Waals surface area contributed by atoms with Crippen LogP contribution in [-0.2, 0) is 20.7 Å². The molecule has 1 aromatic carbocycles. The van der Waals surface area contributed by atoms with Gasteiger partial charge in [-0.25, -0.2) is 4.79 Å². The monoisotopic (exact) mass is 445 g/mol. The van der Waals surface area contributed by atoms with Gasteiger partial charge in [0.1, 0.15) is 11.1 Å². The second-order valence-corrected chi connectivity index (χ2v) is 8.93. The molecule has 0 radical (unpaired) electrons. The minimum Gasteiger partial charge on any atom is -0.466 e. The Bertz CT molecular complexity index is 918. The molecule has 0 N–H and O–H groups in total. The van der Waals surface area contributed by atoms with Crippen molar-refractivity contribution in [1.82, 2.24) is 4.90 Å². The molecule has 1 fully saturated rings. The molecule has 1 unspecified atom stereocenters. The van der Waals surface area contributed by atoms with Crippen LogP contribution < -0.4 is 9.47 Å². The van der Waals surface area contributed by atoms with Gasteiger partial charge in [0.15, 0.2) is 17.3 Å². The topological polar surface area (TPSA) is 91.4 Å². The van der Waals surface area contributed by atoms with Crippen molar-refractivity contribution >= 4 is 17.8 Å². The van der Waals surface area contributed by atoms with E-state index < -0.39 is 23.2 Å². The Morgan fingerprint density at radius 3 is 2.53 bits per heavy atom. The first kappa shape index (κ1) is 23.6. The van der Waals surface area contributed by atoms with Gasteiger partial charge in [-0.1, -0.05) is 6.08 Å². The zero-order chi connectivity index (χ0) is 23.5. The molecule has 0 aromatic heterocycles. The minimum atomic E-state index is -1.15. The molecule has 1 atom stereocenters. The minimum absolute atomic E-state index is 0.0354. The average Bonchev–Trinajstić information content (AvgIpc) is 3.33. The molecule has 0 bridgehead atoms. The van der Waals surface area contributed by atoms with E-state index >= 15 is 0 Å². The SMILES string of the molecule is C=CCC1(C(=O)c2cc3c(cc2CC(=O)OCC)OCO3)CCCN1C(=O)OC(C)(C)C. The number of ketones is 1. The third-order valence-electron chi connectivity index (χ3n) is 5.49. The van der Waals surface area contributed by atoms with E-state index in [0.717, 1.165) is 0 Å². The number of hydrogen-bond acceptors (Lipinski definition) is 7. The lowest BCUT2D eigenvalue weighted by atomic mass is 9.81. The maximum atomic E-state index is 14.1. The molecule has 3 rings (SSSR count). The van der Waals surface area contributed by atoms with Gasteiger partial charge in [-0.05, 0) is 64.7 Å². The van der Waals surface area contributed by atoms with Crippen LogP contribution in [0.3, 0.4) is 0 Å². The molecule has 8 heteroatoms. The van der Waals surface area contributed by atoms with Crippen molar-refractivity contribution in [2.24, 2.45) is 0 Å². The van der Waals surface area contributed by atoms with Gasteiger partial charge in [0.05, 0.1) is 13.0 Å². The van der Waals surface area contributed by atoms with Gasteiger partial charge < -0.3 is 18.9 Å². The summed E-state index contributed by atoms with van der Waals surface area (Å²) in [6.07, 6.45) is 2.37. The Morgan fingerprint density at radius 1 is 1.22 bits per heavy atom. The van der Waals surface area contributed by atoms with E-state index in [2.05, 4.69) is 6.58 Å². The fraction of sp³-hybridized carbons (Fsp3) is 0.542. The first-order chi connectivity index (χ1) is 15.1. The number of carbonyl (C=O) groups is 3. The molecule has 8 nitrogen and oxygen atoms in total. The summed E-state index contributed by atoms with van der Waals surface area (Å²) in [5.41, 5.74) is -1.07. The van der Waals surface area contributed by atoms with Crippen molar-refractivity contribution in [3.8, 4) is 11.5 Å². The smallest absolute Gasteiger partial charge is 0.411 e. The van der Waals surface area contributed by atoms with Crippen molar-refractivity contribution in [1.29, 1.82) is 0 Å². The third kappa shape index (κ3) is 4.74. The van der Waals surface area contributed by atoms with Crippen molar-refractivity contribution < 1.29 is 33.3 Å². The van der Waals surface area contributed by atoms with Crippen LogP contribution in [-0.4, -0.2) is 53.8 Å². The van der Waals surface area contributed by atoms with Crippen LogP contribution >= 0.6 is 0 Å². The third-order valence-corrected chi connectivity index (χ3v) is 5.49. The molecular formula is C24H31NO7. The van der Waals surface area contributed by atoms with Gasteiger partial charge in [-0.2, -0.15) is 0 Å². The summed E-state index contributed by atoms with van der Waals surface area (Å²) in [5, 5.41) is 0. The summed E-state index contributed by atoms with van der Waals surface area (Å²) in [6.45, 7) is 11.6. The first-order valence-electron chi connectivity index (χ1n) is 10.9. The molecular weight excluding hydrogens is 414 g/mol. The standard InChI is InChI=1S/C24H31NO7/c1-6-9-24(10-8-11-25(24)22(28)32-23(3,4)5)21(27)17-14-19-18(30-15-31-19)12-16(17)13-20(26)29-7-2/h6,12,14H,1,7-11,13,15H2,2-5H3. The fourth-order valence-electron chi connectivity index (χ4n) is 4.20. The predicted molar refractivity (Wildman–Crippen MR) is 117 cm³/mol. The maximum absolute atomic E-state index is 14.1. The van der Waals surface area contributed by atoms with Crippen LogP contribution in [0, 0.1) is 0 Å². The largest absolute Gasteiger partial charge is 0.466 e. The van der Waals surface area contributed by atoms with Gasteiger partial charge in [0.25, 0.3) is 0 Å². The average molecular weight is 446 g/mol. The highest BCUT2D eigenvalue weighted by Crippen LogP contribution is 2.41. The second-order valence-electron chi connectivity index (χ2n) is 8.93. The number of ether oxygens (including phenoxy) is 4. The van der Waals surface area contributed by atoms with Crippen LogP contribution in [0.5, 0.6) is 11.5 Å². The quantitative estimate of drug-likeness (QED) is 0.355. The number of fused-ring (bicyclic) bond motifs is 1. The van der Waals surface area contributed by atoms with Gasteiger partial charge in [-0.3, -0.25) is 14.5 Å². The number of amides is 1. The number of hydrogen-bond donors (Lipinski definition) is 0. The highest BCUT2D eigenvalue weighted by Gasteiger charge is 2.50. The number of Topliss-reactive ketones (excluding diaryl/α,β-unsaturated/α-hetero) is 1. The Kier molecular flexibility index (Phi) is 6.81. The molecule has 2 heterocycles. The molecule has 1 saturated heterocycles. The lowest BCUT2D eigenvalue weighted by molar-refractivity contribution is -0.142. The Balaban J connectivity index is 2.04. The number of rotatable bonds is 7. The van der Waals surface area contributed by atoms with E-state index in [9.17, 15) is 14.4 Å². The number of benzene rings is 1. The van der Waals surface area contributed by atoms with E-state index in [1.165, 1.54) is 4.90 Å². The molecule has 0 saturated carbocycles. The predicted octanol–water partition coefficient (Wildman–Crippen LogP) is 4.05. The van der Waals surface area contributed by atoms with E-state index in [0.29, 0.717) is 42.0 Å². The van der Waals surface area contributed by atoms with E-state index in [1.807, 2.05) is 0 Å². The summed E-state index contributed by atoms with van der Waals surface area (Å²) < 4.78 is 21.6. The zero-order valence-electron chi connectivity index (χ0n) is 19.2. The fourth-order valence-corrected chi connectivity index (χ4v) is 4.20. The first-order valence-corrected chi connectivity index (χ1v) is 10.9. The molecule has 32 heavy (non-hydrogen) atoms. The summed E-state index contributed by atoms with van der Waals surface area (Å²) in [7, 11) is 0. The van der Waals surface area contributed by atoms with Gasteiger partial charge in [-0.15, -0.1) is 6.58 Å². The Hall–Kier alpha value is -3.03. The molecule has 1 aromatic rings. The van der Waals surface area contributed by atoms with Crippen molar-refractivity contribution in [2.75, 3.05) is 19.9 Å². The normalized spacial score (nSPS) is 19.6. The zero-order valence-corrected chi connectivity index (χ0v) is 19.2. The van der Waals surface area contributed by atoms with Crippen molar-refractivity contribution in [2.45, 2.75) is 64.5 Å². The molecule has 2 aliphatic heterocycles. The Labute approximate surface area is 188 Å². The molecule has 174 valence electrons. The molecule has 2 aliphatic rings. The number of likely N-dealkylation sites (tertiary alicyclic amines) is 1. The summed E-state index contributed by atoms with van der Waals surface area (Å²) in [4.78, 5) is 40.8. The molecule has 0 spiro atoms. The van der Waals surface area contributed by atoms with E-state index in [-0.39, 0.29) is 32.0 Å². The van der Waals surface area contributed by atoms with Crippen LogP contribution in [0.2, 0.25) is 0 Å². The van der Waals surface area contributed by atoms with Gasteiger partial charge >= 0.3 is 12.1 Å². The summed E-state index contributed by atoms with van der Waals surface area (Å²) in [6, 6.07) is 3.23. The van der Waals surface area contributed by atoms with E-state index in [1.54, 1.807) is 45.9 Å². The van der Waals surface area contributed by atoms with Gasteiger partial charge in [0.2, 0.25) is 6.79 Å². The maximum Gasteiger partial charge on any atom is 0.411 e. The lowest BCUT2D eigenvalue weighted by Gasteiger charge is -2.37. The second kappa shape index (κ2) is 9.22. The summed E-state index contributed by atoms with van der Waals surface area (Å²) in [5.74, 6) is 0.164. The lowest BCUT2D eigenvalue weighted by Crippen LogP contribution is -2.54. The van der Waals surface area contributed by atoms with Crippen LogP contribution in [0.15, 0.2) is 24.8 Å². The van der Waals surface area contributed by atoms with Crippen molar-refractivity contribution in [3.63, 3.8) is 0 Å². The van der Waals surface area contributed by atoms with Crippen molar-refractivity contribution in [3.05, 3.63) is 35.9 Å². The Morgan fingerprint density at radius 2 is 1.91 bits per heavy atom. The van der Waals surface area contributed by atoms with Crippen LogP contribution in [0.25, 0.3) is 0 Å². The highest BCUT2D eigenvalue weighted by atomic mass is 16.7. The van der Waals surface area contributed by atoms with E-state index in [4.69, 9.17) is 18.9 Å². The van der Waals surface area contributed by atoms with Gasteiger partial charge in [0, 0.05) is 12.1 Å². The highest BCUT2D eigenvalue weighted by molar-refractivity contribution is 6.07. The number of esters is 1. The molecule has 1 amide bonds. The summed E-state index contributed by atoms with van der Waals surface area (Å²) >= 11 is 0. The number of nitrogens with zero attached hydrogens (tertiary/aromatic N) is 1. The number of carbonyl (C=O) groups excluding carboxylic acids is 3. The van der Waals surface area contributed by atoms with Crippen LogP contribution in [0.4, 0.5) is 4.79 Å².